The van der Waals surface area contributed by atoms with Crippen LogP contribution < -0.4 is 0 Å². The van der Waals surface area contributed by atoms with E-state index < -0.39 is 0 Å². The Kier molecular flexibility index (Phi) is 3.88. The number of rotatable bonds is 4. The zero-order valence-electron chi connectivity index (χ0n) is 14.0. The number of ether oxygens (including phenoxy) is 1. The van der Waals surface area contributed by atoms with Crippen LogP contribution in [0.4, 0.5) is 0 Å². The average Bonchev–Trinajstić information content (AvgIpc) is 3.11. The molecule has 5 heteroatoms. The highest BCUT2D eigenvalue weighted by molar-refractivity contribution is 6.08. The molecule has 0 saturated carbocycles. The highest BCUT2D eigenvalue weighted by Crippen LogP contribution is 2.34. The molecule has 0 N–H and O–H groups in total. The second-order valence-corrected chi connectivity index (χ2v) is 6.41. The second-order valence-electron chi connectivity index (χ2n) is 6.41. The van der Waals surface area contributed by atoms with Crippen molar-refractivity contribution in [3.63, 3.8) is 0 Å². The molecule has 0 aliphatic carbocycles. The van der Waals surface area contributed by atoms with Crippen molar-refractivity contribution < 1.29 is 14.3 Å². The van der Waals surface area contributed by atoms with Crippen LogP contribution in [0.15, 0.2) is 24.4 Å². The Balaban J connectivity index is 1.96. The molecule has 0 bridgehead atoms. The van der Waals surface area contributed by atoms with Crippen molar-refractivity contribution in [3.05, 3.63) is 47.0 Å². The van der Waals surface area contributed by atoms with Crippen LogP contribution in [0.3, 0.4) is 0 Å². The molecule has 0 aromatic carbocycles. The maximum atomic E-state index is 12.9. The van der Waals surface area contributed by atoms with Gasteiger partial charge in [0.15, 0.2) is 0 Å². The molecule has 0 spiro atoms. The molecule has 3 heterocycles. The van der Waals surface area contributed by atoms with Gasteiger partial charge in [-0.2, -0.15) is 0 Å². The SMILES string of the molecule is Cc1cc2n(c1C(=O)c1cccn1C)CCC2C(=O)OC(C)C. The third-order valence-electron chi connectivity index (χ3n) is 4.35. The monoisotopic (exact) mass is 314 g/mol. The highest BCUT2D eigenvalue weighted by Gasteiger charge is 2.35. The van der Waals surface area contributed by atoms with Gasteiger partial charge in [-0.1, -0.05) is 0 Å². The van der Waals surface area contributed by atoms with Gasteiger partial charge in [-0.3, -0.25) is 9.59 Å². The number of carbonyl (C=O) groups excluding carboxylic acids is 2. The fourth-order valence-electron chi connectivity index (χ4n) is 3.32. The Labute approximate surface area is 135 Å². The first-order chi connectivity index (χ1) is 10.9. The van der Waals surface area contributed by atoms with Crippen LogP contribution in [0, 0.1) is 6.92 Å². The van der Waals surface area contributed by atoms with Crippen molar-refractivity contribution in [2.24, 2.45) is 7.05 Å². The molecule has 23 heavy (non-hydrogen) atoms. The lowest BCUT2D eigenvalue weighted by Crippen LogP contribution is -2.18. The molecule has 1 unspecified atom stereocenters. The van der Waals surface area contributed by atoms with Gasteiger partial charge in [0.05, 0.1) is 23.4 Å². The van der Waals surface area contributed by atoms with E-state index in [0.29, 0.717) is 24.4 Å². The summed E-state index contributed by atoms with van der Waals surface area (Å²) in [6.07, 6.45) is 2.42. The van der Waals surface area contributed by atoms with Crippen LogP contribution in [-0.4, -0.2) is 27.0 Å². The van der Waals surface area contributed by atoms with Gasteiger partial charge in [0.25, 0.3) is 0 Å². The molecule has 122 valence electrons. The van der Waals surface area contributed by atoms with Gasteiger partial charge in [0, 0.05) is 25.5 Å². The van der Waals surface area contributed by atoms with Gasteiger partial charge in [-0.15, -0.1) is 0 Å². The second kappa shape index (κ2) is 5.72. The molecule has 1 atom stereocenters. The summed E-state index contributed by atoms with van der Waals surface area (Å²) < 4.78 is 9.15. The number of carbonyl (C=O) groups is 2. The molecular formula is C18H22N2O3. The van der Waals surface area contributed by atoms with Crippen LogP contribution in [0.5, 0.6) is 0 Å². The lowest BCUT2D eigenvalue weighted by molar-refractivity contribution is -0.149. The minimum Gasteiger partial charge on any atom is -0.462 e. The van der Waals surface area contributed by atoms with Crippen LogP contribution in [0.25, 0.3) is 0 Å². The molecule has 0 radical (unpaired) electrons. The van der Waals surface area contributed by atoms with E-state index in [9.17, 15) is 9.59 Å². The molecule has 0 amide bonds. The largest absolute Gasteiger partial charge is 0.462 e. The smallest absolute Gasteiger partial charge is 0.315 e. The summed E-state index contributed by atoms with van der Waals surface area (Å²) >= 11 is 0. The van der Waals surface area contributed by atoms with E-state index in [1.54, 1.807) is 0 Å². The molecule has 2 aromatic heterocycles. The van der Waals surface area contributed by atoms with Crippen molar-refractivity contribution in [1.82, 2.24) is 9.13 Å². The highest BCUT2D eigenvalue weighted by atomic mass is 16.5. The Bertz CT molecular complexity index is 767. The van der Waals surface area contributed by atoms with Crippen molar-refractivity contribution in [2.75, 3.05) is 0 Å². The molecule has 0 saturated heterocycles. The summed E-state index contributed by atoms with van der Waals surface area (Å²) in [5, 5.41) is 0. The lowest BCUT2D eigenvalue weighted by atomic mass is 10.0. The Morgan fingerprint density at radius 1 is 1.35 bits per heavy atom. The molecule has 2 aromatic rings. The first-order valence-electron chi connectivity index (χ1n) is 7.96. The maximum absolute atomic E-state index is 12.9. The Morgan fingerprint density at radius 3 is 2.70 bits per heavy atom. The van der Waals surface area contributed by atoms with Crippen molar-refractivity contribution in [2.45, 2.75) is 45.8 Å². The zero-order valence-corrected chi connectivity index (χ0v) is 14.0. The van der Waals surface area contributed by atoms with Crippen LogP contribution >= 0.6 is 0 Å². The van der Waals surface area contributed by atoms with Gasteiger partial charge in [0.1, 0.15) is 0 Å². The minimum atomic E-state index is -0.272. The van der Waals surface area contributed by atoms with Gasteiger partial charge in [0.2, 0.25) is 5.78 Å². The number of aryl methyl sites for hydroxylation is 2. The fraction of sp³-hybridized carbons (Fsp3) is 0.444. The molecule has 0 fully saturated rings. The number of hydrogen-bond donors (Lipinski definition) is 0. The number of fused-ring (bicyclic) bond motifs is 1. The normalized spacial score (nSPS) is 16.7. The van der Waals surface area contributed by atoms with Crippen molar-refractivity contribution >= 4 is 11.8 Å². The Morgan fingerprint density at radius 2 is 2.09 bits per heavy atom. The van der Waals surface area contributed by atoms with Crippen LogP contribution in [0.1, 0.15) is 53.6 Å². The van der Waals surface area contributed by atoms with Crippen LogP contribution in [0.2, 0.25) is 0 Å². The topological polar surface area (TPSA) is 53.2 Å². The van der Waals surface area contributed by atoms with E-state index in [1.807, 2.05) is 61.3 Å². The first kappa shape index (κ1) is 15.6. The summed E-state index contributed by atoms with van der Waals surface area (Å²) in [6.45, 7) is 6.29. The summed E-state index contributed by atoms with van der Waals surface area (Å²) in [5.74, 6) is -0.473. The number of esters is 1. The quantitative estimate of drug-likeness (QED) is 0.644. The number of ketones is 1. The number of nitrogens with zero attached hydrogens (tertiary/aromatic N) is 2. The van der Waals surface area contributed by atoms with Gasteiger partial charge < -0.3 is 13.9 Å². The predicted octanol–water partition coefficient (Wildman–Crippen LogP) is 2.80. The van der Waals surface area contributed by atoms with Gasteiger partial charge >= 0.3 is 5.97 Å². The maximum Gasteiger partial charge on any atom is 0.315 e. The van der Waals surface area contributed by atoms with E-state index in [0.717, 1.165) is 11.3 Å². The van der Waals surface area contributed by atoms with E-state index in [1.165, 1.54) is 0 Å². The van der Waals surface area contributed by atoms with Crippen LogP contribution in [-0.2, 0) is 23.1 Å². The fourth-order valence-corrected chi connectivity index (χ4v) is 3.32. The summed E-state index contributed by atoms with van der Waals surface area (Å²) in [5.41, 5.74) is 3.14. The molecule has 3 rings (SSSR count). The molecular weight excluding hydrogens is 292 g/mol. The number of hydrogen-bond acceptors (Lipinski definition) is 3. The predicted molar refractivity (Wildman–Crippen MR) is 86.6 cm³/mol. The van der Waals surface area contributed by atoms with Gasteiger partial charge in [-0.25, -0.2) is 0 Å². The summed E-state index contributed by atoms with van der Waals surface area (Å²) in [6, 6.07) is 5.63. The van der Waals surface area contributed by atoms with Crippen molar-refractivity contribution in [3.8, 4) is 0 Å². The summed E-state index contributed by atoms with van der Waals surface area (Å²) in [4.78, 5) is 25.1. The summed E-state index contributed by atoms with van der Waals surface area (Å²) in [7, 11) is 1.86. The average molecular weight is 314 g/mol. The molecule has 1 aliphatic heterocycles. The van der Waals surface area contributed by atoms with E-state index >= 15 is 0 Å². The van der Waals surface area contributed by atoms with Crippen molar-refractivity contribution in [1.29, 1.82) is 0 Å². The van der Waals surface area contributed by atoms with E-state index in [-0.39, 0.29) is 23.8 Å². The van der Waals surface area contributed by atoms with E-state index in [2.05, 4.69) is 0 Å². The van der Waals surface area contributed by atoms with Gasteiger partial charge in [-0.05, 0) is 51.0 Å². The molecule has 1 aliphatic rings. The first-order valence-corrected chi connectivity index (χ1v) is 7.96. The third-order valence-corrected chi connectivity index (χ3v) is 4.35. The zero-order chi connectivity index (χ0) is 16.7. The standard InChI is InChI=1S/C18H22N2O3/c1-11(2)23-18(22)13-7-9-20-15(13)10-12(3)16(20)17(21)14-6-5-8-19(14)4/h5-6,8,10-11,13H,7,9H2,1-4H3. The lowest BCUT2D eigenvalue weighted by Gasteiger charge is -2.12. The van der Waals surface area contributed by atoms with E-state index in [4.69, 9.17) is 4.74 Å². The third kappa shape index (κ3) is 2.60. The molecule has 5 nitrogen and oxygen atoms in total. The minimum absolute atomic E-state index is 0.000808. The Hall–Kier alpha value is -2.30. The number of aromatic nitrogens is 2.